The number of aryl methyl sites for hydroxylation is 1. The van der Waals surface area contributed by atoms with Crippen LogP contribution in [0.15, 0.2) is 30.5 Å². The van der Waals surface area contributed by atoms with E-state index in [1.54, 1.807) is 11.3 Å². The van der Waals surface area contributed by atoms with Gasteiger partial charge in [-0.1, -0.05) is 18.2 Å². The van der Waals surface area contributed by atoms with Gasteiger partial charge < -0.3 is 10.3 Å². The first-order valence-corrected chi connectivity index (χ1v) is 6.78. The van der Waals surface area contributed by atoms with E-state index in [2.05, 4.69) is 52.7 Å². The van der Waals surface area contributed by atoms with Crippen molar-refractivity contribution in [1.29, 1.82) is 0 Å². The smallest absolute Gasteiger partial charge is 0.107 e. The molecule has 0 spiro atoms. The van der Waals surface area contributed by atoms with Gasteiger partial charge in [-0.25, -0.2) is 4.98 Å². The van der Waals surface area contributed by atoms with Gasteiger partial charge in [-0.05, 0) is 20.0 Å². The summed E-state index contributed by atoms with van der Waals surface area (Å²) >= 11 is 1.76. The monoisotopic (exact) mass is 257 g/mol. The average Bonchev–Trinajstić information content (AvgIpc) is 2.93. The summed E-state index contributed by atoms with van der Waals surface area (Å²) in [6, 6.07) is 8.38. The predicted octanol–water partition coefficient (Wildman–Crippen LogP) is 3.32. The Morgan fingerprint density at radius 1 is 1.33 bits per heavy atom. The lowest BCUT2D eigenvalue weighted by Crippen LogP contribution is -2.04. The van der Waals surface area contributed by atoms with E-state index in [0.717, 1.165) is 17.2 Å². The molecule has 0 saturated heterocycles. The van der Waals surface area contributed by atoms with Gasteiger partial charge in [0.15, 0.2) is 0 Å². The number of aromatic amines is 1. The lowest BCUT2D eigenvalue weighted by atomic mass is 10.1. The molecule has 92 valence electrons. The van der Waals surface area contributed by atoms with Crippen molar-refractivity contribution in [3.05, 3.63) is 41.2 Å². The molecule has 3 rings (SSSR count). The molecule has 0 aliphatic heterocycles. The Kier molecular flexibility index (Phi) is 2.89. The topological polar surface area (TPSA) is 40.7 Å². The van der Waals surface area contributed by atoms with Crippen LogP contribution in [0.5, 0.6) is 0 Å². The molecule has 0 aliphatic carbocycles. The Morgan fingerprint density at radius 3 is 3.00 bits per heavy atom. The van der Waals surface area contributed by atoms with Gasteiger partial charge in [0.05, 0.1) is 10.6 Å². The third kappa shape index (κ3) is 1.83. The molecule has 1 aromatic carbocycles. The standard InChI is InChI=1S/C14H15N3S/c1-9-14(18-13(17-9)8-15-2)11-7-16-12-6-4-3-5-10(11)12/h3-7,15-16H,8H2,1-2H3. The zero-order valence-electron chi connectivity index (χ0n) is 10.4. The van der Waals surface area contributed by atoms with Gasteiger partial charge in [0.1, 0.15) is 5.01 Å². The zero-order valence-corrected chi connectivity index (χ0v) is 11.3. The van der Waals surface area contributed by atoms with E-state index < -0.39 is 0 Å². The summed E-state index contributed by atoms with van der Waals surface area (Å²) in [5, 5.41) is 5.55. The van der Waals surface area contributed by atoms with Crippen LogP contribution in [0.4, 0.5) is 0 Å². The summed E-state index contributed by atoms with van der Waals surface area (Å²) < 4.78 is 0. The van der Waals surface area contributed by atoms with Crippen molar-refractivity contribution in [3.63, 3.8) is 0 Å². The Labute approximate surface area is 110 Å². The van der Waals surface area contributed by atoms with Gasteiger partial charge in [0, 0.05) is 29.2 Å². The van der Waals surface area contributed by atoms with Crippen LogP contribution in [-0.2, 0) is 6.54 Å². The summed E-state index contributed by atoms with van der Waals surface area (Å²) in [7, 11) is 1.95. The highest BCUT2D eigenvalue weighted by Crippen LogP contribution is 2.35. The minimum absolute atomic E-state index is 0.827. The number of H-pyrrole nitrogens is 1. The molecular formula is C14H15N3S. The molecule has 0 atom stereocenters. The number of fused-ring (bicyclic) bond motifs is 1. The van der Waals surface area contributed by atoms with Gasteiger partial charge >= 0.3 is 0 Å². The molecular weight excluding hydrogens is 242 g/mol. The van der Waals surface area contributed by atoms with E-state index >= 15 is 0 Å². The van der Waals surface area contributed by atoms with Crippen LogP contribution in [0.3, 0.4) is 0 Å². The lowest BCUT2D eigenvalue weighted by Gasteiger charge is -1.95. The number of rotatable bonds is 3. The highest BCUT2D eigenvalue weighted by molar-refractivity contribution is 7.15. The molecule has 4 heteroatoms. The van der Waals surface area contributed by atoms with Crippen LogP contribution in [0.1, 0.15) is 10.7 Å². The molecule has 0 unspecified atom stereocenters. The van der Waals surface area contributed by atoms with E-state index in [0.29, 0.717) is 0 Å². The van der Waals surface area contributed by atoms with Crippen LogP contribution in [0, 0.1) is 6.92 Å². The number of hydrogen-bond donors (Lipinski definition) is 2. The quantitative estimate of drug-likeness (QED) is 0.755. The molecule has 0 fully saturated rings. The Morgan fingerprint density at radius 2 is 2.17 bits per heavy atom. The molecule has 0 aliphatic rings. The van der Waals surface area contributed by atoms with Gasteiger partial charge in [0.2, 0.25) is 0 Å². The SMILES string of the molecule is CNCc1nc(C)c(-c2c[nH]c3ccccc23)s1. The number of benzene rings is 1. The Bertz CT molecular complexity index is 681. The number of aromatic nitrogens is 2. The van der Waals surface area contributed by atoms with Crippen LogP contribution in [-0.4, -0.2) is 17.0 Å². The van der Waals surface area contributed by atoms with E-state index in [-0.39, 0.29) is 0 Å². The first-order chi connectivity index (χ1) is 8.79. The molecule has 3 nitrogen and oxygen atoms in total. The maximum absolute atomic E-state index is 4.61. The number of nitrogens with zero attached hydrogens (tertiary/aromatic N) is 1. The second kappa shape index (κ2) is 4.55. The largest absolute Gasteiger partial charge is 0.361 e. The average molecular weight is 257 g/mol. The molecule has 0 bridgehead atoms. The van der Waals surface area contributed by atoms with E-state index in [1.165, 1.54) is 21.3 Å². The first kappa shape index (κ1) is 11.4. The van der Waals surface area contributed by atoms with Crippen LogP contribution in [0.25, 0.3) is 21.3 Å². The molecule has 0 amide bonds. The van der Waals surface area contributed by atoms with Gasteiger partial charge in [-0.15, -0.1) is 11.3 Å². The van der Waals surface area contributed by atoms with Gasteiger partial charge in [0.25, 0.3) is 0 Å². The third-order valence-corrected chi connectivity index (χ3v) is 4.19. The maximum Gasteiger partial charge on any atom is 0.107 e. The third-order valence-electron chi connectivity index (χ3n) is 3.00. The summed E-state index contributed by atoms with van der Waals surface area (Å²) in [6.07, 6.45) is 2.08. The summed E-state index contributed by atoms with van der Waals surface area (Å²) in [4.78, 5) is 9.19. The van der Waals surface area contributed by atoms with E-state index in [9.17, 15) is 0 Å². The molecule has 2 aromatic heterocycles. The zero-order chi connectivity index (χ0) is 12.5. The van der Waals surface area contributed by atoms with Crippen molar-refractivity contribution >= 4 is 22.2 Å². The summed E-state index contributed by atoms with van der Waals surface area (Å²) in [5.74, 6) is 0. The lowest BCUT2D eigenvalue weighted by molar-refractivity contribution is 0.807. The summed E-state index contributed by atoms with van der Waals surface area (Å²) in [6.45, 7) is 2.90. The molecule has 2 heterocycles. The van der Waals surface area contributed by atoms with Gasteiger partial charge in [-0.2, -0.15) is 0 Å². The van der Waals surface area contributed by atoms with Crippen molar-refractivity contribution in [2.75, 3.05) is 7.05 Å². The fourth-order valence-corrected chi connectivity index (χ4v) is 3.30. The molecule has 2 N–H and O–H groups in total. The van der Waals surface area contributed by atoms with Crippen molar-refractivity contribution in [2.45, 2.75) is 13.5 Å². The predicted molar refractivity (Wildman–Crippen MR) is 76.9 cm³/mol. The maximum atomic E-state index is 4.61. The molecule has 0 radical (unpaired) electrons. The fourth-order valence-electron chi connectivity index (χ4n) is 2.19. The minimum Gasteiger partial charge on any atom is -0.361 e. The van der Waals surface area contributed by atoms with E-state index in [4.69, 9.17) is 0 Å². The number of para-hydroxylation sites is 1. The Balaban J connectivity index is 2.14. The minimum atomic E-state index is 0.827. The summed E-state index contributed by atoms with van der Waals surface area (Å²) in [5.41, 5.74) is 3.54. The number of thiazole rings is 1. The molecule has 3 aromatic rings. The van der Waals surface area contributed by atoms with Crippen molar-refractivity contribution in [2.24, 2.45) is 0 Å². The first-order valence-electron chi connectivity index (χ1n) is 5.97. The molecule has 18 heavy (non-hydrogen) atoms. The highest BCUT2D eigenvalue weighted by Gasteiger charge is 2.12. The van der Waals surface area contributed by atoms with Crippen molar-refractivity contribution < 1.29 is 0 Å². The second-order valence-corrected chi connectivity index (χ2v) is 5.38. The molecule has 0 saturated carbocycles. The van der Waals surface area contributed by atoms with Crippen LogP contribution < -0.4 is 5.32 Å². The Hall–Kier alpha value is -1.65. The number of hydrogen-bond acceptors (Lipinski definition) is 3. The van der Waals surface area contributed by atoms with E-state index in [1.807, 2.05) is 7.05 Å². The normalized spacial score (nSPS) is 11.2. The second-order valence-electron chi connectivity index (χ2n) is 4.30. The van der Waals surface area contributed by atoms with Gasteiger partial charge in [-0.3, -0.25) is 0 Å². The fraction of sp³-hybridized carbons (Fsp3) is 0.214. The highest BCUT2D eigenvalue weighted by atomic mass is 32.1. The van der Waals surface area contributed by atoms with Crippen molar-refractivity contribution in [1.82, 2.24) is 15.3 Å². The van der Waals surface area contributed by atoms with Crippen molar-refractivity contribution in [3.8, 4) is 10.4 Å². The number of nitrogens with one attached hydrogen (secondary N) is 2. The van der Waals surface area contributed by atoms with Crippen LogP contribution in [0.2, 0.25) is 0 Å². The van der Waals surface area contributed by atoms with Crippen LogP contribution >= 0.6 is 11.3 Å².